The molecule has 6 aromatic rings. The molecular formula is C46H50N4OPt-2. The standard InChI is InChI=1S/C46H50N4O.Pt/c1-44(2,3)32-20-22-47-43(27-32)49-23-21-38(31-24-33(45(4,5)6)26-34(25-31)46(7,8)9)39-19-18-37(29-42(39)49)51-36-15-13-14-35(28-36)50-30-48(10)40-16-11-12-17-41(40)50;/h11-20,22,24-27,38H,21,23H2,1-10H3;/q-2;/i10D3;. The molecule has 0 saturated carbocycles. The average Bonchev–Trinajstić information content (AvgIpc) is 3.42. The van der Waals surface area contributed by atoms with E-state index >= 15 is 0 Å². The van der Waals surface area contributed by atoms with Crippen molar-refractivity contribution < 1.29 is 28.2 Å². The van der Waals surface area contributed by atoms with Crippen molar-refractivity contribution in [1.29, 1.82) is 0 Å². The Morgan fingerprint density at radius 3 is 2.10 bits per heavy atom. The van der Waals surface area contributed by atoms with Crippen LogP contribution in [0.15, 0.2) is 91.1 Å². The van der Waals surface area contributed by atoms with Gasteiger partial charge in [0.25, 0.3) is 0 Å². The van der Waals surface area contributed by atoms with E-state index in [2.05, 4.69) is 135 Å². The van der Waals surface area contributed by atoms with E-state index in [0.29, 0.717) is 26.5 Å². The average molecular weight is 873 g/mol. The van der Waals surface area contributed by atoms with Crippen molar-refractivity contribution in [2.24, 2.45) is 6.98 Å². The van der Waals surface area contributed by atoms with E-state index in [-0.39, 0.29) is 22.2 Å². The molecule has 5 nitrogen and oxygen atoms in total. The molecule has 0 aliphatic carbocycles. The summed E-state index contributed by atoms with van der Waals surface area (Å²) in [5.41, 5.74) is 9.41. The summed E-state index contributed by atoms with van der Waals surface area (Å²) in [5, 5.41) is 0. The second-order valence-electron chi connectivity index (χ2n) is 17.0. The number of rotatable bonds is 5. The summed E-state index contributed by atoms with van der Waals surface area (Å²) in [6.45, 7) is 18.8. The number of imidazole rings is 1. The normalized spacial score (nSPS) is 16.3. The van der Waals surface area contributed by atoms with Crippen LogP contribution < -0.4 is 9.64 Å². The van der Waals surface area contributed by atoms with E-state index < -0.39 is 6.98 Å². The minimum absolute atomic E-state index is 0.00373. The Labute approximate surface area is 324 Å². The van der Waals surface area contributed by atoms with Crippen LogP contribution in [0, 0.1) is 15.9 Å². The van der Waals surface area contributed by atoms with Crippen LogP contribution in [0.4, 0.5) is 11.5 Å². The molecule has 0 saturated heterocycles. The van der Waals surface area contributed by atoms with Crippen LogP contribution in [0.1, 0.15) is 107 Å². The molecule has 1 atom stereocenters. The number of fused-ring (bicyclic) bond motifs is 2. The van der Waals surface area contributed by atoms with Gasteiger partial charge in [-0.3, -0.25) is 0 Å². The molecule has 3 heterocycles. The van der Waals surface area contributed by atoms with Gasteiger partial charge in [-0.1, -0.05) is 80.5 Å². The fourth-order valence-electron chi connectivity index (χ4n) is 6.98. The summed E-state index contributed by atoms with van der Waals surface area (Å²) in [6.07, 6.45) is 2.84. The first-order valence-corrected chi connectivity index (χ1v) is 19.2. The second-order valence-corrected chi connectivity index (χ2v) is 18.0. The van der Waals surface area contributed by atoms with Gasteiger partial charge in [0, 0.05) is 6.20 Å². The number of pyridine rings is 1. The molecule has 1 aliphatic heterocycles. The van der Waals surface area contributed by atoms with Crippen molar-refractivity contribution >= 4 is 22.5 Å². The Bertz CT molecular complexity index is 2430. The van der Waals surface area contributed by atoms with E-state index in [1.54, 1.807) is 0 Å². The van der Waals surface area contributed by atoms with Gasteiger partial charge >= 0.3 is 201 Å². The van der Waals surface area contributed by atoms with Crippen molar-refractivity contribution in [1.82, 2.24) is 14.1 Å². The maximum atomic E-state index is 8.23. The fraction of sp³-hybridized carbons (Fsp3) is 0.348. The van der Waals surface area contributed by atoms with Gasteiger partial charge in [0.15, 0.2) is 0 Å². The predicted molar refractivity (Wildman–Crippen MR) is 210 cm³/mol. The molecule has 1 unspecified atom stereocenters. The Morgan fingerprint density at radius 2 is 1.42 bits per heavy atom. The van der Waals surface area contributed by atoms with Crippen LogP contribution in [-0.2, 0) is 42.6 Å². The van der Waals surface area contributed by atoms with Gasteiger partial charge in [0.05, 0.1) is 0 Å². The molecule has 0 spiro atoms. The quantitative estimate of drug-likeness (QED) is 0.162. The van der Waals surface area contributed by atoms with Crippen LogP contribution in [-0.4, -0.2) is 20.7 Å². The summed E-state index contributed by atoms with van der Waals surface area (Å²) in [5.74, 6) is 2.12. The first kappa shape index (κ1) is 32.4. The monoisotopic (exact) mass is 872 g/mol. The molecular weight excluding hydrogens is 820 g/mol. The van der Waals surface area contributed by atoms with Crippen LogP contribution in [0.3, 0.4) is 0 Å². The molecule has 2 aromatic heterocycles. The Hall–Kier alpha value is -4.21. The zero-order valence-corrected chi connectivity index (χ0v) is 33.9. The Balaban J connectivity index is 1.33. The fourth-order valence-corrected chi connectivity index (χ4v) is 7.80. The number of benzene rings is 4. The number of aromatic nitrogens is 3. The third-order valence-corrected chi connectivity index (χ3v) is 11.1. The summed E-state index contributed by atoms with van der Waals surface area (Å²) in [7, 11) is 0. The summed E-state index contributed by atoms with van der Waals surface area (Å²) in [6, 6.07) is 36.0. The van der Waals surface area contributed by atoms with Crippen LogP contribution in [0.2, 0.25) is 0 Å². The minimum atomic E-state index is -2.35. The molecule has 6 heteroatoms. The zero-order valence-electron chi connectivity index (χ0n) is 34.7. The van der Waals surface area contributed by atoms with E-state index in [4.69, 9.17) is 13.8 Å². The summed E-state index contributed by atoms with van der Waals surface area (Å²) < 4.78 is 35.1. The third-order valence-electron chi connectivity index (χ3n) is 10.1. The van der Waals surface area contributed by atoms with E-state index in [0.717, 1.165) is 30.0 Å². The van der Waals surface area contributed by atoms with Crippen molar-refractivity contribution in [3.63, 3.8) is 0 Å². The summed E-state index contributed by atoms with van der Waals surface area (Å²) in [4.78, 5) is 7.18. The van der Waals surface area contributed by atoms with Crippen molar-refractivity contribution in [2.75, 3.05) is 11.4 Å². The molecule has 7 rings (SSSR count). The van der Waals surface area contributed by atoms with Crippen LogP contribution >= 0.6 is 0 Å². The maximum absolute atomic E-state index is 8.23. The number of ether oxygens (including phenoxy) is 1. The molecule has 0 fully saturated rings. The van der Waals surface area contributed by atoms with E-state index in [9.17, 15) is 0 Å². The first-order chi connectivity index (χ1) is 25.7. The third kappa shape index (κ3) is 6.97. The summed E-state index contributed by atoms with van der Waals surface area (Å²) >= 11 is 2.08. The zero-order chi connectivity index (χ0) is 39.7. The second kappa shape index (κ2) is 13.3. The van der Waals surface area contributed by atoms with Crippen molar-refractivity contribution in [3.05, 3.63) is 135 Å². The molecule has 1 aliphatic rings. The topological polar surface area (TPSA) is 35.2 Å². The van der Waals surface area contributed by atoms with Gasteiger partial charge in [-0.05, 0) is 39.0 Å². The molecule has 4 aromatic carbocycles. The molecule has 52 heavy (non-hydrogen) atoms. The van der Waals surface area contributed by atoms with Gasteiger partial charge in [-0.2, -0.15) is 0 Å². The molecule has 0 radical (unpaired) electrons. The van der Waals surface area contributed by atoms with Gasteiger partial charge in [-0.15, -0.1) is 0 Å². The van der Waals surface area contributed by atoms with Gasteiger partial charge in [0.2, 0.25) is 0 Å². The number of hydrogen-bond acceptors (Lipinski definition) is 3. The molecule has 0 bridgehead atoms. The van der Waals surface area contributed by atoms with Gasteiger partial charge < -0.3 is 0 Å². The molecule has 272 valence electrons. The van der Waals surface area contributed by atoms with Gasteiger partial charge in [-0.25, -0.2) is 0 Å². The van der Waals surface area contributed by atoms with E-state index in [1.807, 2.05) is 59.3 Å². The van der Waals surface area contributed by atoms with Crippen molar-refractivity contribution in [2.45, 2.75) is 90.9 Å². The Kier molecular flexibility index (Phi) is 8.32. The molecule has 0 N–H and O–H groups in total. The van der Waals surface area contributed by atoms with Crippen LogP contribution in [0.5, 0.6) is 11.5 Å². The predicted octanol–water partition coefficient (Wildman–Crippen LogP) is 11.4. The number of anilines is 2. The molecule has 0 amide bonds. The number of para-hydroxylation sites is 2. The Morgan fingerprint density at radius 1 is 0.750 bits per heavy atom. The number of nitrogens with zero attached hydrogens (tertiary/aromatic N) is 4. The SMILES string of the molecule is [2H]C([2H])([2H])n1[c](=[Pt])n(-c2[c-]c(Oc3[c-]c4c(cc3)C(c3cc(C(C)(C)C)cc(C(C)(C)C)c3)CCN4c3cc(C(C)(C)C)ccn3)ccc2)c2ccccc21. The number of aryl methyl sites for hydroxylation is 1. The number of hydrogen-bond donors (Lipinski definition) is 0. The first-order valence-electron chi connectivity index (χ1n) is 19.6. The van der Waals surface area contributed by atoms with E-state index in [1.165, 1.54) is 32.4 Å². The van der Waals surface area contributed by atoms with Crippen LogP contribution in [0.25, 0.3) is 16.7 Å². The van der Waals surface area contributed by atoms with Crippen molar-refractivity contribution in [3.8, 4) is 17.2 Å². The van der Waals surface area contributed by atoms with Gasteiger partial charge in [0.1, 0.15) is 0 Å².